The highest BCUT2D eigenvalue weighted by Crippen LogP contribution is 2.27. The van der Waals surface area contributed by atoms with Crippen molar-refractivity contribution in [3.05, 3.63) is 0 Å². The number of carbonyl (C=O) groups excluding carboxylic acids is 1. The van der Waals surface area contributed by atoms with Crippen LogP contribution < -0.4 is 5.32 Å². The molecule has 1 amide bonds. The molecule has 4 heteroatoms. The van der Waals surface area contributed by atoms with Crippen molar-refractivity contribution in [2.75, 3.05) is 6.54 Å². The fourth-order valence-corrected chi connectivity index (χ4v) is 2.85. The van der Waals surface area contributed by atoms with E-state index in [9.17, 15) is 9.59 Å². The van der Waals surface area contributed by atoms with Gasteiger partial charge in [-0.15, -0.1) is 0 Å². The zero-order valence-electron chi connectivity index (χ0n) is 12.4. The van der Waals surface area contributed by atoms with E-state index in [4.69, 9.17) is 5.11 Å². The van der Waals surface area contributed by atoms with Gasteiger partial charge in [-0.05, 0) is 17.8 Å². The Morgan fingerprint density at radius 1 is 1.21 bits per heavy atom. The first-order valence-electron chi connectivity index (χ1n) is 7.33. The van der Waals surface area contributed by atoms with Crippen molar-refractivity contribution in [1.29, 1.82) is 0 Å². The molecule has 0 aromatic heterocycles. The smallest absolute Gasteiger partial charge is 0.316 e. The second-order valence-electron chi connectivity index (χ2n) is 6.72. The molecule has 0 aromatic carbocycles. The van der Waals surface area contributed by atoms with Gasteiger partial charge in [0.2, 0.25) is 5.91 Å². The number of hydrogen-bond acceptors (Lipinski definition) is 2. The van der Waals surface area contributed by atoms with Crippen molar-refractivity contribution in [2.24, 2.45) is 17.3 Å². The SMILES string of the molecule is CC(C)(C)C(C(=O)O)C(=O)NCCC1CCCCC1. The highest BCUT2D eigenvalue weighted by Gasteiger charge is 2.37. The summed E-state index contributed by atoms with van der Waals surface area (Å²) in [4.78, 5) is 23.2. The van der Waals surface area contributed by atoms with Crippen LogP contribution >= 0.6 is 0 Å². The average molecular weight is 269 g/mol. The Kier molecular flexibility index (Phi) is 5.83. The molecule has 0 radical (unpaired) electrons. The lowest BCUT2D eigenvalue weighted by molar-refractivity contribution is -0.151. The van der Waals surface area contributed by atoms with Crippen LogP contribution in [0.1, 0.15) is 59.3 Å². The Morgan fingerprint density at radius 3 is 2.26 bits per heavy atom. The van der Waals surface area contributed by atoms with Crippen molar-refractivity contribution in [3.63, 3.8) is 0 Å². The van der Waals surface area contributed by atoms with E-state index in [0.717, 1.165) is 6.42 Å². The first-order chi connectivity index (χ1) is 8.82. The molecule has 1 aliphatic rings. The number of aliphatic carboxylic acids is 1. The summed E-state index contributed by atoms with van der Waals surface area (Å²) in [5.74, 6) is -1.66. The summed E-state index contributed by atoms with van der Waals surface area (Å²) in [7, 11) is 0. The maximum absolute atomic E-state index is 12.0. The molecule has 1 aliphatic carbocycles. The highest BCUT2D eigenvalue weighted by molar-refractivity contribution is 5.97. The maximum Gasteiger partial charge on any atom is 0.316 e. The van der Waals surface area contributed by atoms with E-state index in [1.165, 1.54) is 32.1 Å². The molecule has 4 nitrogen and oxygen atoms in total. The molecule has 0 aromatic rings. The van der Waals surface area contributed by atoms with Crippen LogP contribution in [0.2, 0.25) is 0 Å². The second kappa shape index (κ2) is 6.92. The topological polar surface area (TPSA) is 66.4 Å². The van der Waals surface area contributed by atoms with Gasteiger partial charge in [0, 0.05) is 6.54 Å². The monoisotopic (exact) mass is 269 g/mol. The maximum atomic E-state index is 12.0. The third-order valence-corrected chi connectivity index (χ3v) is 3.95. The largest absolute Gasteiger partial charge is 0.481 e. The number of carboxylic acids is 1. The number of nitrogens with one attached hydrogen (secondary N) is 1. The Hall–Kier alpha value is -1.06. The summed E-state index contributed by atoms with van der Waals surface area (Å²) in [6.07, 6.45) is 7.38. The van der Waals surface area contributed by atoms with Crippen LogP contribution in [-0.4, -0.2) is 23.5 Å². The minimum Gasteiger partial charge on any atom is -0.481 e. The van der Waals surface area contributed by atoms with Crippen LogP contribution in [0.3, 0.4) is 0 Å². The fraction of sp³-hybridized carbons (Fsp3) is 0.867. The number of rotatable bonds is 5. The van der Waals surface area contributed by atoms with Crippen molar-refractivity contribution in [3.8, 4) is 0 Å². The lowest BCUT2D eigenvalue weighted by Gasteiger charge is -2.26. The van der Waals surface area contributed by atoms with Crippen LogP contribution in [-0.2, 0) is 9.59 Å². The minimum absolute atomic E-state index is 0.351. The molecule has 1 unspecified atom stereocenters. The van der Waals surface area contributed by atoms with Crippen LogP contribution in [0.5, 0.6) is 0 Å². The van der Waals surface area contributed by atoms with Gasteiger partial charge in [0.1, 0.15) is 5.92 Å². The molecule has 19 heavy (non-hydrogen) atoms. The molecule has 0 bridgehead atoms. The first kappa shape index (κ1) is 16.0. The van der Waals surface area contributed by atoms with Crippen LogP contribution in [0.25, 0.3) is 0 Å². The summed E-state index contributed by atoms with van der Waals surface area (Å²) >= 11 is 0. The van der Waals surface area contributed by atoms with Gasteiger partial charge in [-0.2, -0.15) is 0 Å². The Morgan fingerprint density at radius 2 is 1.79 bits per heavy atom. The molecule has 2 N–H and O–H groups in total. The minimum atomic E-state index is -1.04. The summed E-state index contributed by atoms with van der Waals surface area (Å²) in [5, 5.41) is 12.0. The van der Waals surface area contributed by atoms with Gasteiger partial charge in [-0.3, -0.25) is 9.59 Å². The summed E-state index contributed by atoms with van der Waals surface area (Å²) in [6.45, 7) is 5.95. The van der Waals surface area contributed by atoms with E-state index >= 15 is 0 Å². The third-order valence-electron chi connectivity index (χ3n) is 3.95. The van der Waals surface area contributed by atoms with Crippen molar-refractivity contribution >= 4 is 11.9 Å². The van der Waals surface area contributed by atoms with E-state index in [2.05, 4.69) is 5.32 Å². The molecule has 1 saturated carbocycles. The summed E-state index contributed by atoms with van der Waals surface area (Å²) < 4.78 is 0. The number of hydrogen-bond donors (Lipinski definition) is 2. The third kappa shape index (κ3) is 5.21. The summed E-state index contributed by atoms with van der Waals surface area (Å²) in [5.41, 5.74) is -0.555. The molecule has 0 spiro atoms. The van der Waals surface area contributed by atoms with Gasteiger partial charge >= 0.3 is 5.97 Å². The molecular formula is C15H27NO3. The molecule has 0 heterocycles. The van der Waals surface area contributed by atoms with Crippen molar-refractivity contribution in [2.45, 2.75) is 59.3 Å². The fourth-order valence-electron chi connectivity index (χ4n) is 2.85. The highest BCUT2D eigenvalue weighted by atomic mass is 16.4. The van der Waals surface area contributed by atoms with Crippen LogP contribution in [0.15, 0.2) is 0 Å². The van der Waals surface area contributed by atoms with E-state index < -0.39 is 17.3 Å². The summed E-state index contributed by atoms with van der Waals surface area (Å²) in [6, 6.07) is 0. The first-order valence-corrected chi connectivity index (χ1v) is 7.33. The van der Waals surface area contributed by atoms with Gasteiger partial charge in [0.05, 0.1) is 0 Å². The predicted octanol–water partition coefficient (Wildman–Crippen LogP) is 2.82. The van der Waals surface area contributed by atoms with Crippen LogP contribution in [0.4, 0.5) is 0 Å². The number of carbonyl (C=O) groups is 2. The number of amides is 1. The van der Waals surface area contributed by atoms with Gasteiger partial charge < -0.3 is 10.4 Å². The predicted molar refractivity (Wildman–Crippen MR) is 74.8 cm³/mol. The lowest BCUT2D eigenvalue weighted by Crippen LogP contribution is -2.43. The Balaban J connectivity index is 2.38. The quantitative estimate of drug-likeness (QED) is 0.754. The molecular weight excluding hydrogens is 242 g/mol. The molecule has 0 aliphatic heterocycles. The average Bonchev–Trinajstić information content (AvgIpc) is 2.27. The van der Waals surface area contributed by atoms with Gasteiger partial charge in [0.25, 0.3) is 0 Å². The van der Waals surface area contributed by atoms with Crippen molar-refractivity contribution < 1.29 is 14.7 Å². The Labute approximate surface area is 116 Å². The molecule has 1 atom stereocenters. The van der Waals surface area contributed by atoms with Gasteiger partial charge in [-0.1, -0.05) is 52.9 Å². The standard InChI is InChI=1S/C15H27NO3/c1-15(2,3)12(14(18)19)13(17)16-10-9-11-7-5-4-6-8-11/h11-12H,4-10H2,1-3H3,(H,16,17)(H,18,19). The zero-order chi connectivity index (χ0) is 14.5. The second-order valence-corrected chi connectivity index (χ2v) is 6.72. The zero-order valence-corrected chi connectivity index (χ0v) is 12.4. The van der Waals surface area contributed by atoms with Crippen LogP contribution in [0, 0.1) is 17.3 Å². The van der Waals surface area contributed by atoms with E-state index in [0.29, 0.717) is 12.5 Å². The molecule has 0 saturated heterocycles. The molecule has 110 valence electrons. The molecule has 1 fully saturated rings. The normalized spacial score (nSPS) is 18.9. The lowest BCUT2D eigenvalue weighted by atomic mass is 9.80. The van der Waals surface area contributed by atoms with E-state index in [1.54, 1.807) is 20.8 Å². The molecule has 1 rings (SSSR count). The van der Waals surface area contributed by atoms with Crippen molar-refractivity contribution in [1.82, 2.24) is 5.32 Å². The van der Waals surface area contributed by atoms with Gasteiger partial charge in [-0.25, -0.2) is 0 Å². The van der Waals surface area contributed by atoms with E-state index in [1.807, 2.05) is 0 Å². The Bertz CT molecular complexity index is 314. The number of carboxylic acid groups (broad SMARTS) is 1. The van der Waals surface area contributed by atoms with E-state index in [-0.39, 0.29) is 5.91 Å². The van der Waals surface area contributed by atoms with Gasteiger partial charge in [0.15, 0.2) is 0 Å².